The number of aromatic nitrogens is 2. The number of hydrogen-bond acceptors (Lipinski definition) is 6. The number of piperidine rings is 1. The predicted molar refractivity (Wildman–Crippen MR) is 116 cm³/mol. The topological polar surface area (TPSA) is 84.2 Å². The quantitative estimate of drug-likeness (QED) is 0.375. The molecule has 2 fully saturated rings. The number of fused-ring (bicyclic) bond motifs is 2. The van der Waals surface area contributed by atoms with E-state index in [2.05, 4.69) is 39.1 Å². The fraction of sp³-hybridized carbons (Fsp3) is 0.273. The van der Waals surface area contributed by atoms with E-state index < -0.39 is 10.7 Å². The first-order valence-electron chi connectivity index (χ1n) is 9.76. The number of benzene rings is 2. The highest BCUT2D eigenvalue weighted by Crippen LogP contribution is 2.50. The van der Waals surface area contributed by atoms with Crippen LogP contribution in [0.15, 0.2) is 36.7 Å². The fourth-order valence-corrected chi connectivity index (χ4v) is 4.46. The molecule has 1 unspecified atom stereocenters. The smallest absolute Gasteiger partial charge is 0.285 e. The van der Waals surface area contributed by atoms with E-state index in [1.807, 2.05) is 0 Å². The van der Waals surface area contributed by atoms with Crippen LogP contribution < -0.4 is 5.32 Å². The van der Waals surface area contributed by atoms with Gasteiger partial charge in [0.15, 0.2) is 5.82 Å². The van der Waals surface area contributed by atoms with E-state index in [1.165, 1.54) is 24.5 Å². The summed E-state index contributed by atoms with van der Waals surface area (Å²) in [6.45, 7) is 2.04. The summed E-state index contributed by atoms with van der Waals surface area (Å²) >= 11 is 5.84. The molecule has 0 radical (unpaired) electrons. The first-order valence-corrected chi connectivity index (χ1v) is 10.1. The molecule has 1 aliphatic carbocycles. The maximum absolute atomic E-state index is 14.3. The minimum atomic E-state index is -0.631. The maximum Gasteiger partial charge on any atom is 0.285 e. The van der Waals surface area contributed by atoms with Gasteiger partial charge < -0.3 is 10.2 Å². The van der Waals surface area contributed by atoms with Gasteiger partial charge in [-0.2, -0.15) is 0 Å². The van der Waals surface area contributed by atoms with Gasteiger partial charge in [-0.15, -0.1) is 0 Å². The van der Waals surface area contributed by atoms with Gasteiger partial charge in [-0.05, 0) is 37.1 Å². The Morgan fingerprint density at radius 3 is 2.81 bits per heavy atom. The van der Waals surface area contributed by atoms with Gasteiger partial charge in [0, 0.05) is 30.5 Å². The van der Waals surface area contributed by atoms with E-state index in [1.54, 1.807) is 12.1 Å². The second kappa shape index (κ2) is 7.45. The van der Waals surface area contributed by atoms with Crippen molar-refractivity contribution in [3.63, 3.8) is 0 Å². The number of nitro benzene ring substituents is 1. The summed E-state index contributed by atoms with van der Waals surface area (Å²) in [4.78, 5) is 21.9. The molecule has 7 nitrogen and oxygen atoms in total. The Labute approximate surface area is 182 Å². The van der Waals surface area contributed by atoms with Gasteiger partial charge >= 0.3 is 0 Å². The zero-order chi connectivity index (χ0) is 21.7. The molecule has 2 aliphatic rings. The van der Waals surface area contributed by atoms with Crippen molar-refractivity contribution in [1.29, 1.82) is 0 Å². The minimum Gasteiger partial charge on any atom is -0.337 e. The Morgan fingerprint density at radius 1 is 1.29 bits per heavy atom. The number of nitrogens with one attached hydrogen (secondary N) is 1. The van der Waals surface area contributed by atoms with Gasteiger partial charge in [0.05, 0.1) is 21.2 Å². The molecule has 3 atom stereocenters. The summed E-state index contributed by atoms with van der Waals surface area (Å²) in [5.41, 5.74) is 0.775. The SMILES string of the molecule is CN1C[C@@H]2C(C#Cc3cc4ncnc(Nc5cccc(Cl)c5F)c4cc3[N+](=O)[O-])[C@@H]2C1. The van der Waals surface area contributed by atoms with E-state index in [0.717, 1.165) is 13.1 Å². The summed E-state index contributed by atoms with van der Waals surface area (Å²) in [5, 5.41) is 14.9. The second-order valence-corrected chi connectivity index (χ2v) is 8.34. The number of hydrogen-bond donors (Lipinski definition) is 1. The van der Waals surface area contributed by atoms with Crippen LogP contribution >= 0.6 is 11.6 Å². The third-order valence-electron chi connectivity index (χ3n) is 5.90. The summed E-state index contributed by atoms with van der Waals surface area (Å²) in [6.07, 6.45) is 1.32. The number of anilines is 2. The molecular formula is C22H17ClFN5O2. The number of nitro groups is 1. The molecule has 0 amide bonds. The highest BCUT2D eigenvalue weighted by Gasteiger charge is 2.54. The molecule has 5 rings (SSSR count). The second-order valence-electron chi connectivity index (χ2n) is 7.94. The van der Waals surface area contributed by atoms with Crippen LogP contribution in [0, 0.1) is 45.5 Å². The van der Waals surface area contributed by atoms with Crippen LogP contribution in [0.1, 0.15) is 5.56 Å². The molecule has 0 bridgehead atoms. The van der Waals surface area contributed by atoms with Crippen LogP contribution in [-0.4, -0.2) is 39.9 Å². The maximum atomic E-state index is 14.3. The lowest BCUT2D eigenvalue weighted by molar-refractivity contribution is -0.385. The number of nitrogens with zero attached hydrogens (tertiary/aromatic N) is 4. The molecule has 31 heavy (non-hydrogen) atoms. The van der Waals surface area contributed by atoms with Crippen molar-refractivity contribution in [2.24, 2.45) is 17.8 Å². The van der Waals surface area contributed by atoms with Gasteiger partial charge in [-0.25, -0.2) is 14.4 Å². The lowest BCUT2D eigenvalue weighted by Gasteiger charge is -2.10. The monoisotopic (exact) mass is 437 g/mol. The van der Waals surface area contributed by atoms with Crippen LogP contribution in [-0.2, 0) is 0 Å². The molecule has 1 aliphatic heterocycles. The molecule has 3 aromatic rings. The summed E-state index contributed by atoms with van der Waals surface area (Å²) < 4.78 is 14.3. The first-order chi connectivity index (χ1) is 14.9. The number of likely N-dealkylation sites (tertiary alicyclic amines) is 1. The molecule has 9 heteroatoms. The van der Waals surface area contributed by atoms with Crippen LogP contribution in [0.3, 0.4) is 0 Å². The third kappa shape index (κ3) is 3.56. The van der Waals surface area contributed by atoms with Crippen molar-refractivity contribution in [2.75, 3.05) is 25.5 Å². The third-order valence-corrected chi connectivity index (χ3v) is 6.20. The zero-order valence-electron chi connectivity index (χ0n) is 16.5. The average molecular weight is 438 g/mol. The molecule has 1 N–H and O–H groups in total. The highest BCUT2D eigenvalue weighted by molar-refractivity contribution is 6.31. The standard InChI is InChI=1S/C22H17ClFN5O2/c1-28-9-15-13(16(15)10-28)6-5-12-7-19-14(8-20(12)29(30)31)22(26-11-25-19)27-18-4-2-3-17(23)21(18)24/h2-4,7-8,11,13,15-16H,9-10H2,1H3,(H,25,26,27)/t13?,15-,16+. The zero-order valence-corrected chi connectivity index (χ0v) is 17.2. The van der Waals surface area contributed by atoms with Gasteiger partial charge in [0.1, 0.15) is 17.7 Å². The lowest BCUT2D eigenvalue weighted by Crippen LogP contribution is -2.18. The van der Waals surface area contributed by atoms with Crippen molar-refractivity contribution in [1.82, 2.24) is 14.9 Å². The molecule has 156 valence electrons. The van der Waals surface area contributed by atoms with Crippen LogP contribution in [0.4, 0.5) is 21.6 Å². The largest absolute Gasteiger partial charge is 0.337 e. The Balaban J connectivity index is 1.52. The Bertz CT molecular complexity index is 1280. The lowest BCUT2D eigenvalue weighted by atomic mass is 10.1. The van der Waals surface area contributed by atoms with E-state index in [-0.39, 0.29) is 22.2 Å². The summed E-state index contributed by atoms with van der Waals surface area (Å²) in [7, 11) is 2.09. The number of halogens is 2. The molecule has 1 saturated carbocycles. The van der Waals surface area contributed by atoms with Crippen molar-refractivity contribution in [3.05, 3.63) is 63.2 Å². The molecule has 1 aromatic heterocycles. The normalized spacial score (nSPS) is 22.0. The van der Waals surface area contributed by atoms with Crippen molar-refractivity contribution in [2.45, 2.75) is 0 Å². The highest BCUT2D eigenvalue weighted by atomic mass is 35.5. The fourth-order valence-electron chi connectivity index (χ4n) is 4.28. The van der Waals surface area contributed by atoms with Gasteiger partial charge in [0.2, 0.25) is 0 Å². The first kappa shape index (κ1) is 19.7. The van der Waals surface area contributed by atoms with E-state index >= 15 is 0 Å². The van der Waals surface area contributed by atoms with Crippen LogP contribution in [0.5, 0.6) is 0 Å². The molecule has 2 heterocycles. The Hall–Kier alpha value is -3.28. The number of rotatable bonds is 3. The van der Waals surface area contributed by atoms with Crippen molar-refractivity contribution in [3.8, 4) is 11.8 Å². The molecule has 0 spiro atoms. The van der Waals surface area contributed by atoms with E-state index in [9.17, 15) is 14.5 Å². The molecule has 2 aromatic carbocycles. The summed E-state index contributed by atoms with van der Waals surface area (Å²) in [6, 6.07) is 7.51. The average Bonchev–Trinajstić information content (AvgIpc) is 3.21. The van der Waals surface area contributed by atoms with Gasteiger partial charge in [-0.3, -0.25) is 10.1 Å². The molecule has 1 saturated heterocycles. The van der Waals surface area contributed by atoms with Crippen LogP contribution in [0.25, 0.3) is 10.9 Å². The predicted octanol–water partition coefficient (Wildman–Crippen LogP) is 4.23. The summed E-state index contributed by atoms with van der Waals surface area (Å²) in [5.74, 6) is 7.25. The minimum absolute atomic E-state index is 0.0389. The van der Waals surface area contributed by atoms with E-state index in [0.29, 0.717) is 34.2 Å². The van der Waals surface area contributed by atoms with Crippen LogP contribution in [0.2, 0.25) is 5.02 Å². The van der Waals surface area contributed by atoms with Crippen molar-refractivity contribution < 1.29 is 9.31 Å². The van der Waals surface area contributed by atoms with E-state index in [4.69, 9.17) is 11.6 Å². The van der Waals surface area contributed by atoms with Gasteiger partial charge in [0.25, 0.3) is 5.69 Å². The van der Waals surface area contributed by atoms with Gasteiger partial charge in [-0.1, -0.05) is 29.5 Å². The Kier molecular flexibility index (Phi) is 4.73. The van der Waals surface area contributed by atoms with Crippen molar-refractivity contribution >= 4 is 39.7 Å². The Morgan fingerprint density at radius 2 is 2.06 bits per heavy atom. The molecular weight excluding hydrogens is 421 g/mol.